The molecule has 2 N–H and O–H groups in total. The smallest absolute Gasteiger partial charge is 0.0760 e. The summed E-state index contributed by atoms with van der Waals surface area (Å²) in [4.78, 5) is 0. The first-order valence-corrected chi connectivity index (χ1v) is 6.60. The molecule has 2 nitrogen and oxygen atoms in total. The van der Waals surface area contributed by atoms with E-state index in [9.17, 15) is 10.2 Å². The number of hydrogen-bond acceptors (Lipinski definition) is 2. The quantitative estimate of drug-likeness (QED) is 0.689. The molecule has 0 bridgehead atoms. The van der Waals surface area contributed by atoms with E-state index in [2.05, 4.69) is 27.4 Å². The van der Waals surface area contributed by atoms with E-state index in [4.69, 9.17) is 0 Å². The highest BCUT2D eigenvalue weighted by atomic mass is 16.3. The van der Waals surface area contributed by atoms with Gasteiger partial charge in [0.1, 0.15) is 0 Å². The standard InChI is InChI=1S/C15H26O2/c1-10(2)14-6-5-11(3)7-13(16)8-12(4)9-15(14)17/h7,10,13-17H,4-6,8-9H2,1-3H3/t13-,14-,15-/m0/s1. The van der Waals surface area contributed by atoms with Gasteiger partial charge < -0.3 is 10.2 Å². The normalized spacial score (nSPS) is 32.5. The van der Waals surface area contributed by atoms with Crippen LogP contribution in [0.1, 0.15) is 46.5 Å². The van der Waals surface area contributed by atoms with Crippen LogP contribution in [-0.4, -0.2) is 22.4 Å². The second-order valence-corrected chi connectivity index (χ2v) is 5.75. The molecule has 0 saturated heterocycles. The zero-order chi connectivity index (χ0) is 13.0. The lowest BCUT2D eigenvalue weighted by molar-refractivity contribution is 0.0737. The van der Waals surface area contributed by atoms with E-state index < -0.39 is 6.10 Å². The van der Waals surface area contributed by atoms with Crippen LogP contribution in [0, 0.1) is 11.8 Å². The summed E-state index contributed by atoms with van der Waals surface area (Å²) in [6.45, 7) is 10.3. The van der Waals surface area contributed by atoms with Crippen LogP contribution in [0.4, 0.5) is 0 Å². The van der Waals surface area contributed by atoms with Gasteiger partial charge in [-0.3, -0.25) is 0 Å². The summed E-state index contributed by atoms with van der Waals surface area (Å²) in [5, 5.41) is 20.1. The van der Waals surface area contributed by atoms with Crippen molar-refractivity contribution in [1.29, 1.82) is 0 Å². The monoisotopic (exact) mass is 238 g/mol. The van der Waals surface area contributed by atoms with E-state index in [1.807, 2.05) is 6.08 Å². The fourth-order valence-electron chi connectivity index (χ4n) is 2.66. The molecule has 2 heteroatoms. The van der Waals surface area contributed by atoms with Gasteiger partial charge in [-0.2, -0.15) is 0 Å². The Morgan fingerprint density at radius 2 is 1.94 bits per heavy atom. The zero-order valence-corrected chi connectivity index (χ0v) is 11.3. The molecule has 0 aromatic rings. The van der Waals surface area contributed by atoms with Crippen LogP contribution in [0.2, 0.25) is 0 Å². The second-order valence-electron chi connectivity index (χ2n) is 5.75. The van der Waals surface area contributed by atoms with E-state index >= 15 is 0 Å². The largest absolute Gasteiger partial charge is 0.392 e. The van der Waals surface area contributed by atoms with E-state index in [0.29, 0.717) is 24.7 Å². The molecule has 1 rings (SSSR count). The van der Waals surface area contributed by atoms with Gasteiger partial charge in [0.2, 0.25) is 0 Å². The van der Waals surface area contributed by atoms with Gasteiger partial charge in [0.15, 0.2) is 0 Å². The molecule has 0 fully saturated rings. The number of aliphatic hydroxyl groups excluding tert-OH is 2. The fourth-order valence-corrected chi connectivity index (χ4v) is 2.66. The van der Waals surface area contributed by atoms with Gasteiger partial charge in [-0.25, -0.2) is 0 Å². The Labute approximate surface area is 105 Å². The van der Waals surface area contributed by atoms with Crippen LogP contribution in [0.25, 0.3) is 0 Å². The van der Waals surface area contributed by atoms with Crippen molar-refractivity contribution in [2.45, 2.75) is 58.7 Å². The molecule has 0 saturated carbocycles. The van der Waals surface area contributed by atoms with Crippen molar-refractivity contribution in [3.8, 4) is 0 Å². The predicted octanol–water partition coefficient (Wildman–Crippen LogP) is 3.06. The van der Waals surface area contributed by atoms with Crippen molar-refractivity contribution in [2.24, 2.45) is 11.8 Å². The highest BCUT2D eigenvalue weighted by Gasteiger charge is 2.24. The van der Waals surface area contributed by atoms with Gasteiger partial charge in [-0.15, -0.1) is 0 Å². The second kappa shape index (κ2) is 6.36. The van der Waals surface area contributed by atoms with Crippen molar-refractivity contribution >= 4 is 0 Å². The molecule has 3 atom stereocenters. The van der Waals surface area contributed by atoms with Gasteiger partial charge in [0.05, 0.1) is 12.2 Å². The average Bonchev–Trinajstić information content (AvgIpc) is 2.14. The first kappa shape index (κ1) is 14.5. The zero-order valence-electron chi connectivity index (χ0n) is 11.3. The van der Waals surface area contributed by atoms with Crippen LogP contribution in [0.15, 0.2) is 23.8 Å². The number of hydrogen-bond donors (Lipinski definition) is 2. The van der Waals surface area contributed by atoms with Crippen molar-refractivity contribution in [1.82, 2.24) is 0 Å². The van der Waals surface area contributed by atoms with Crippen LogP contribution in [0.5, 0.6) is 0 Å². The molecular formula is C15H26O2. The minimum atomic E-state index is -0.440. The topological polar surface area (TPSA) is 40.5 Å². The minimum Gasteiger partial charge on any atom is -0.392 e. The fraction of sp³-hybridized carbons (Fsp3) is 0.733. The molecular weight excluding hydrogens is 212 g/mol. The van der Waals surface area contributed by atoms with Crippen LogP contribution < -0.4 is 0 Å². The summed E-state index contributed by atoms with van der Waals surface area (Å²) in [5.74, 6) is 0.806. The van der Waals surface area contributed by atoms with Crippen LogP contribution in [0.3, 0.4) is 0 Å². The molecule has 0 spiro atoms. The first-order chi connectivity index (χ1) is 7.90. The van der Waals surface area contributed by atoms with Gasteiger partial charge in [-0.1, -0.05) is 37.6 Å². The molecule has 0 heterocycles. The Balaban J connectivity index is 2.82. The minimum absolute atomic E-state index is 0.319. The summed E-state index contributed by atoms with van der Waals surface area (Å²) in [7, 11) is 0. The Bertz CT molecular complexity index is 291. The van der Waals surface area contributed by atoms with Crippen molar-refractivity contribution < 1.29 is 10.2 Å². The Morgan fingerprint density at radius 3 is 2.53 bits per heavy atom. The van der Waals surface area contributed by atoms with Crippen molar-refractivity contribution in [3.63, 3.8) is 0 Å². The molecule has 0 aromatic carbocycles. The highest BCUT2D eigenvalue weighted by molar-refractivity contribution is 5.09. The van der Waals surface area contributed by atoms with E-state index in [1.54, 1.807) is 0 Å². The predicted molar refractivity (Wildman–Crippen MR) is 71.7 cm³/mol. The maximum Gasteiger partial charge on any atom is 0.0760 e. The molecule has 0 unspecified atom stereocenters. The molecule has 1 aliphatic rings. The summed E-state index contributed by atoms with van der Waals surface area (Å²) < 4.78 is 0. The lowest BCUT2D eigenvalue weighted by Gasteiger charge is -2.28. The summed E-state index contributed by atoms with van der Waals surface area (Å²) >= 11 is 0. The molecule has 0 radical (unpaired) electrons. The van der Waals surface area contributed by atoms with E-state index in [0.717, 1.165) is 18.4 Å². The SMILES string of the molecule is C=C1C[C@@H](O)C=C(C)CC[C@@H](C(C)C)[C@@H](O)C1. The average molecular weight is 238 g/mol. The first-order valence-electron chi connectivity index (χ1n) is 6.60. The van der Waals surface area contributed by atoms with Crippen LogP contribution in [-0.2, 0) is 0 Å². The Hall–Kier alpha value is -0.600. The van der Waals surface area contributed by atoms with Crippen LogP contribution >= 0.6 is 0 Å². The summed E-state index contributed by atoms with van der Waals surface area (Å²) in [6.07, 6.45) is 4.31. The third-order valence-corrected chi connectivity index (χ3v) is 3.70. The Morgan fingerprint density at radius 1 is 1.29 bits per heavy atom. The van der Waals surface area contributed by atoms with Gasteiger partial charge in [0.25, 0.3) is 0 Å². The maximum absolute atomic E-state index is 10.2. The van der Waals surface area contributed by atoms with Crippen molar-refractivity contribution in [2.75, 3.05) is 0 Å². The lowest BCUT2D eigenvalue weighted by atomic mass is 9.81. The molecule has 1 aliphatic carbocycles. The van der Waals surface area contributed by atoms with E-state index in [1.165, 1.54) is 5.57 Å². The molecule has 0 aliphatic heterocycles. The third-order valence-electron chi connectivity index (χ3n) is 3.70. The van der Waals surface area contributed by atoms with Gasteiger partial charge in [0, 0.05) is 0 Å². The number of rotatable bonds is 1. The lowest BCUT2D eigenvalue weighted by Crippen LogP contribution is -2.27. The highest BCUT2D eigenvalue weighted by Crippen LogP contribution is 2.29. The maximum atomic E-state index is 10.2. The molecule has 17 heavy (non-hydrogen) atoms. The third kappa shape index (κ3) is 4.64. The molecule has 0 amide bonds. The number of allylic oxidation sites excluding steroid dienone is 1. The number of aliphatic hydroxyl groups is 2. The summed E-state index contributed by atoms with van der Waals surface area (Å²) in [5.41, 5.74) is 2.16. The summed E-state index contributed by atoms with van der Waals surface area (Å²) in [6, 6.07) is 0. The van der Waals surface area contributed by atoms with Crippen molar-refractivity contribution in [3.05, 3.63) is 23.8 Å². The Kier molecular flexibility index (Phi) is 5.41. The molecule has 0 aromatic heterocycles. The van der Waals surface area contributed by atoms with E-state index in [-0.39, 0.29) is 6.10 Å². The molecule has 98 valence electrons. The van der Waals surface area contributed by atoms with Gasteiger partial charge >= 0.3 is 0 Å². The van der Waals surface area contributed by atoms with Gasteiger partial charge in [-0.05, 0) is 44.4 Å².